The second kappa shape index (κ2) is 6.30. The van der Waals surface area contributed by atoms with Gasteiger partial charge in [-0.25, -0.2) is 0 Å². The fourth-order valence-corrected chi connectivity index (χ4v) is 2.95. The third-order valence-corrected chi connectivity index (χ3v) is 4.32. The number of rotatable bonds is 4. The van der Waals surface area contributed by atoms with Crippen molar-refractivity contribution in [1.29, 1.82) is 0 Å². The van der Waals surface area contributed by atoms with Crippen LogP contribution in [0.15, 0.2) is 54.6 Å². The fraction of sp³-hybridized carbons (Fsp3) is 0.118. The molecule has 1 amide bonds. The Kier molecular flexibility index (Phi) is 4.24. The lowest BCUT2D eigenvalue weighted by molar-refractivity contribution is 0.0953. The molecule has 0 radical (unpaired) electrons. The SMILES string of the molecule is O=C(NCCc1cc2ccccc2[nH]1)c1ccccc1I. The van der Waals surface area contributed by atoms with E-state index in [0.29, 0.717) is 6.54 Å². The minimum atomic E-state index is -0.0175. The van der Waals surface area contributed by atoms with Crippen LogP contribution in [0.2, 0.25) is 0 Å². The summed E-state index contributed by atoms with van der Waals surface area (Å²) in [7, 11) is 0. The summed E-state index contributed by atoms with van der Waals surface area (Å²) in [5.74, 6) is -0.0175. The molecular formula is C17H15IN2O. The average Bonchev–Trinajstić information content (AvgIpc) is 2.90. The van der Waals surface area contributed by atoms with E-state index in [2.05, 4.69) is 51.1 Å². The maximum Gasteiger partial charge on any atom is 0.252 e. The summed E-state index contributed by atoms with van der Waals surface area (Å²) in [5, 5.41) is 4.17. The number of aromatic nitrogens is 1. The molecule has 0 aliphatic rings. The van der Waals surface area contributed by atoms with E-state index in [9.17, 15) is 4.79 Å². The first-order chi connectivity index (χ1) is 10.2. The quantitative estimate of drug-likeness (QED) is 0.655. The van der Waals surface area contributed by atoms with Crippen molar-refractivity contribution in [1.82, 2.24) is 10.3 Å². The van der Waals surface area contributed by atoms with Crippen molar-refractivity contribution in [3.05, 3.63) is 69.4 Å². The maximum absolute atomic E-state index is 12.1. The molecular weight excluding hydrogens is 375 g/mol. The highest BCUT2D eigenvalue weighted by Crippen LogP contribution is 2.15. The molecule has 0 unspecified atom stereocenters. The van der Waals surface area contributed by atoms with Gasteiger partial charge >= 0.3 is 0 Å². The van der Waals surface area contributed by atoms with Crippen molar-refractivity contribution in [2.75, 3.05) is 6.54 Å². The molecule has 0 bridgehead atoms. The Morgan fingerprint density at radius 3 is 2.67 bits per heavy atom. The number of H-pyrrole nitrogens is 1. The Bertz CT molecular complexity index is 746. The molecule has 1 aromatic heterocycles. The van der Waals surface area contributed by atoms with Gasteiger partial charge in [0.25, 0.3) is 5.91 Å². The lowest BCUT2D eigenvalue weighted by Crippen LogP contribution is -2.26. The van der Waals surface area contributed by atoms with Crippen LogP contribution in [0.5, 0.6) is 0 Å². The Hall–Kier alpha value is -1.82. The number of carbonyl (C=O) groups is 1. The molecule has 3 nitrogen and oxygen atoms in total. The molecule has 0 aliphatic carbocycles. The summed E-state index contributed by atoms with van der Waals surface area (Å²) in [6.07, 6.45) is 0.795. The largest absolute Gasteiger partial charge is 0.358 e. The standard InChI is InChI=1S/C17H15IN2O/c18-15-7-3-2-6-14(15)17(21)19-10-9-13-11-12-5-1-4-8-16(12)20-13/h1-8,11,20H,9-10H2,(H,19,21). The molecule has 0 spiro atoms. The molecule has 3 rings (SSSR count). The number of halogens is 1. The molecule has 3 aromatic rings. The van der Waals surface area contributed by atoms with Gasteiger partial charge in [-0.3, -0.25) is 4.79 Å². The predicted octanol–water partition coefficient (Wildman–Crippen LogP) is 3.75. The zero-order valence-electron chi connectivity index (χ0n) is 11.4. The first-order valence-electron chi connectivity index (χ1n) is 6.83. The van der Waals surface area contributed by atoms with Gasteiger partial charge < -0.3 is 10.3 Å². The molecule has 21 heavy (non-hydrogen) atoms. The molecule has 0 aliphatic heterocycles. The second-order valence-electron chi connectivity index (χ2n) is 4.87. The molecule has 1 heterocycles. The van der Waals surface area contributed by atoms with Crippen molar-refractivity contribution in [2.45, 2.75) is 6.42 Å². The summed E-state index contributed by atoms with van der Waals surface area (Å²) in [6, 6.07) is 17.9. The number of hydrogen-bond donors (Lipinski definition) is 2. The number of fused-ring (bicyclic) bond motifs is 1. The van der Waals surface area contributed by atoms with E-state index in [-0.39, 0.29) is 5.91 Å². The maximum atomic E-state index is 12.1. The van der Waals surface area contributed by atoms with Crippen molar-refractivity contribution in [3.8, 4) is 0 Å². The van der Waals surface area contributed by atoms with Gasteiger partial charge in [-0.1, -0.05) is 30.3 Å². The first-order valence-corrected chi connectivity index (χ1v) is 7.91. The number of hydrogen-bond acceptors (Lipinski definition) is 1. The number of nitrogens with one attached hydrogen (secondary N) is 2. The molecule has 2 aromatic carbocycles. The third-order valence-electron chi connectivity index (χ3n) is 3.38. The Morgan fingerprint density at radius 2 is 1.86 bits per heavy atom. The fourth-order valence-electron chi connectivity index (χ4n) is 2.32. The Morgan fingerprint density at radius 1 is 1.10 bits per heavy atom. The minimum absolute atomic E-state index is 0.0175. The van der Waals surface area contributed by atoms with Crippen molar-refractivity contribution < 1.29 is 4.79 Å². The normalized spacial score (nSPS) is 10.7. The highest BCUT2D eigenvalue weighted by Gasteiger charge is 2.08. The van der Waals surface area contributed by atoms with Gasteiger partial charge in [0.15, 0.2) is 0 Å². The number of carbonyl (C=O) groups excluding carboxylic acids is 1. The summed E-state index contributed by atoms with van der Waals surface area (Å²) < 4.78 is 0.971. The van der Waals surface area contributed by atoms with Crippen LogP contribution in [0.3, 0.4) is 0 Å². The van der Waals surface area contributed by atoms with Gasteiger partial charge in [0.05, 0.1) is 5.56 Å². The van der Waals surface area contributed by atoms with E-state index in [1.807, 2.05) is 36.4 Å². The van der Waals surface area contributed by atoms with E-state index in [1.165, 1.54) is 5.39 Å². The second-order valence-corrected chi connectivity index (χ2v) is 6.03. The van der Waals surface area contributed by atoms with Crippen molar-refractivity contribution in [3.63, 3.8) is 0 Å². The van der Waals surface area contributed by atoms with E-state index in [1.54, 1.807) is 0 Å². The highest BCUT2D eigenvalue weighted by atomic mass is 127. The molecule has 2 N–H and O–H groups in total. The number of para-hydroxylation sites is 1. The molecule has 0 atom stereocenters. The lowest BCUT2D eigenvalue weighted by atomic mass is 10.2. The lowest BCUT2D eigenvalue weighted by Gasteiger charge is -2.06. The van der Waals surface area contributed by atoms with Crippen molar-refractivity contribution in [2.24, 2.45) is 0 Å². The number of aromatic amines is 1. The smallest absolute Gasteiger partial charge is 0.252 e. The molecule has 4 heteroatoms. The van der Waals surface area contributed by atoms with Gasteiger partial charge in [0, 0.05) is 27.7 Å². The van der Waals surface area contributed by atoms with E-state index >= 15 is 0 Å². The molecule has 106 valence electrons. The van der Waals surface area contributed by atoms with Crippen LogP contribution >= 0.6 is 22.6 Å². The van der Waals surface area contributed by atoms with E-state index < -0.39 is 0 Å². The van der Waals surface area contributed by atoms with Crippen LogP contribution in [0.1, 0.15) is 16.1 Å². The van der Waals surface area contributed by atoms with Crippen LogP contribution in [0.4, 0.5) is 0 Å². The van der Waals surface area contributed by atoms with E-state index in [4.69, 9.17) is 0 Å². The predicted molar refractivity (Wildman–Crippen MR) is 93.5 cm³/mol. The Balaban J connectivity index is 1.61. The van der Waals surface area contributed by atoms with Crippen LogP contribution in [0.25, 0.3) is 10.9 Å². The number of amides is 1. The Labute approximate surface area is 136 Å². The topological polar surface area (TPSA) is 44.9 Å². The average molecular weight is 390 g/mol. The van der Waals surface area contributed by atoms with E-state index in [0.717, 1.165) is 26.8 Å². The van der Waals surface area contributed by atoms with Gasteiger partial charge in [0.1, 0.15) is 0 Å². The molecule has 0 saturated heterocycles. The first kappa shape index (κ1) is 14.1. The molecule has 0 fully saturated rings. The monoisotopic (exact) mass is 390 g/mol. The summed E-state index contributed by atoms with van der Waals surface area (Å²) >= 11 is 2.18. The summed E-state index contributed by atoms with van der Waals surface area (Å²) in [4.78, 5) is 15.5. The van der Waals surface area contributed by atoms with Crippen LogP contribution < -0.4 is 5.32 Å². The zero-order chi connectivity index (χ0) is 14.7. The van der Waals surface area contributed by atoms with Gasteiger partial charge in [-0.15, -0.1) is 0 Å². The van der Waals surface area contributed by atoms with Gasteiger partial charge in [-0.05, 0) is 52.2 Å². The molecule has 0 saturated carbocycles. The highest BCUT2D eigenvalue weighted by molar-refractivity contribution is 14.1. The van der Waals surface area contributed by atoms with Crippen molar-refractivity contribution >= 4 is 39.4 Å². The summed E-state index contributed by atoms with van der Waals surface area (Å²) in [6.45, 7) is 0.622. The van der Waals surface area contributed by atoms with Crippen LogP contribution in [0, 0.1) is 3.57 Å². The van der Waals surface area contributed by atoms with Gasteiger partial charge in [-0.2, -0.15) is 0 Å². The number of benzene rings is 2. The summed E-state index contributed by atoms with van der Waals surface area (Å²) in [5.41, 5.74) is 3.01. The minimum Gasteiger partial charge on any atom is -0.358 e. The third kappa shape index (κ3) is 3.26. The zero-order valence-corrected chi connectivity index (χ0v) is 13.6. The van der Waals surface area contributed by atoms with Crippen LogP contribution in [-0.2, 0) is 6.42 Å². The van der Waals surface area contributed by atoms with Crippen LogP contribution in [-0.4, -0.2) is 17.4 Å². The van der Waals surface area contributed by atoms with Gasteiger partial charge in [0.2, 0.25) is 0 Å².